The second-order valence-corrected chi connectivity index (χ2v) is 5.86. The first-order valence-corrected chi connectivity index (χ1v) is 8.30. The van der Waals surface area contributed by atoms with Gasteiger partial charge in [0.15, 0.2) is 0 Å². The van der Waals surface area contributed by atoms with Crippen LogP contribution >= 0.6 is 0 Å². The van der Waals surface area contributed by atoms with Gasteiger partial charge in [-0.15, -0.1) is 0 Å². The first-order valence-electron chi connectivity index (χ1n) is 8.30. The highest BCUT2D eigenvalue weighted by Crippen LogP contribution is 2.20. The summed E-state index contributed by atoms with van der Waals surface area (Å²) in [4.78, 5) is 22.7. The molecule has 0 spiro atoms. The molecule has 3 aromatic carbocycles. The van der Waals surface area contributed by atoms with Gasteiger partial charge < -0.3 is 0 Å². The van der Waals surface area contributed by atoms with Gasteiger partial charge in [0, 0.05) is 6.07 Å². The molecule has 0 aromatic heterocycles. The number of nitrogens with one attached hydrogen (secondary N) is 1. The first-order chi connectivity index (χ1) is 13.1. The summed E-state index contributed by atoms with van der Waals surface area (Å²) < 4.78 is 0. The molecule has 1 amide bonds. The maximum absolute atomic E-state index is 12.2. The molecular formula is C21H17N3O3. The highest BCUT2D eigenvalue weighted by molar-refractivity contribution is 6.02. The van der Waals surface area contributed by atoms with Crippen molar-refractivity contribution in [1.82, 2.24) is 5.43 Å². The minimum atomic E-state index is -0.623. The van der Waals surface area contributed by atoms with Gasteiger partial charge in [-0.05, 0) is 29.7 Å². The van der Waals surface area contributed by atoms with E-state index in [4.69, 9.17) is 0 Å². The predicted molar refractivity (Wildman–Crippen MR) is 105 cm³/mol. The fourth-order valence-electron chi connectivity index (χ4n) is 2.62. The molecule has 0 unspecified atom stereocenters. The van der Waals surface area contributed by atoms with Crippen molar-refractivity contribution in [3.63, 3.8) is 0 Å². The van der Waals surface area contributed by atoms with Crippen molar-refractivity contribution >= 4 is 17.3 Å². The molecule has 0 aliphatic rings. The number of amides is 1. The summed E-state index contributed by atoms with van der Waals surface area (Å²) in [6.45, 7) is 1.76. The maximum atomic E-state index is 12.2. The highest BCUT2D eigenvalue weighted by Gasteiger charge is 2.18. The lowest BCUT2D eigenvalue weighted by Gasteiger charge is -2.06. The van der Waals surface area contributed by atoms with Crippen molar-refractivity contribution in [3.8, 4) is 11.1 Å². The van der Waals surface area contributed by atoms with Crippen LogP contribution < -0.4 is 5.43 Å². The highest BCUT2D eigenvalue weighted by atomic mass is 16.6. The molecule has 0 atom stereocenters. The minimum Gasteiger partial charge on any atom is -0.267 e. The largest absolute Gasteiger partial charge is 0.282 e. The van der Waals surface area contributed by atoms with Crippen LogP contribution in [0, 0.1) is 10.1 Å². The SMILES string of the molecule is CC(=NNC(=O)c1ccccc1[N+](=O)[O-])c1ccc(-c2ccccc2)cc1. The minimum absolute atomic E-state index is 0.0292. The van der Waals surface area contributed by atoms with Gasteiger partial charge in [-0.1, -0.05) is 66.7 Å². The Balaban J connectivity index is 1.74. The second-order valence-electron chi connectivity index (χ2n) is 5.86. The third kappa shape index (κ3) is 4.24. The third-order valence-corrected chi connectivity index (χ3v) is 4.08. The molecule has 0 radical (unpaired) electrons. The lowest BCUT2D eigenvalue weighted by atomic mass is 10.0. The zero-order valence-corrected chi connectivity index (χ0v) is 14.6. The molecule has 0 fully saturated rings. The van der Waals surface area contributed by atoms with Crippen molar-refractivity contribution in [3.05, 3.63) is 100 Å². The first kappa shape index (κ1) is 18.0. The Hall–Kier alpha value is -3.80. The van der Waals surface area contributed by atoms with Crippen molar-refractivity contribution < 1.29 is 9.72 Å². The topological polar surface area (TPSA) is 84.6 Å². The normalized spacial score (nSPS) is 11.1. The second kappa shape index (κ2) is 8.05. The molecule has 0 bridgehead atoms. The molecule has 0 heterocycles. The van der Waals surface area contributed by atoms with Crippen LogP contribution in [-0.2, 0) is 0 Å². The van der Waals surface area contributed by atoms with Gasteiger partial charge in [0.2, 0.25) is 0 Å². The Kier molecular flexibility index (Phi) is 5.37. The maximum Gasteiger partial charge on any atom is 0.282 e. The molecule has 0 aliphatic carbocycles. The molecular weight excluding hydrogens is 342 g/mol. The number of nitrogens with zero attached hydrogens (tertiary/aromatic N) is 2. The van der Waals surface area contributed by atoms with Crippen LogP contribution in [0.25, 0.3) is 11.1 Å². The Morgan fingerprint density at radius 1 is 0.889 bits per heavy atom. The summed E-state index contributed by atoms with van der Waals surface area (Å²) in [5, 5.41) is 15.1. The monoisotopic (exact) mass is 359 g/mol. The van der Waals surface area contributed by atoms with Crippen LogP contribution in [0.15, 0.2) is 84.0 Å². The van der Waals surface area contributed by atoms with E-state index in [1.165, 1.54) is 18.2 Å². The lowest BCUT2D eigenvalue weighted by molar-refractivity contribution is -0.385. The van der Waals surface area contributed by atoms with Crippen molar-refractivity contribution in [2.75, 3.05) is 0 Å². The zero-order chi connectivity index (χ0) is 19.2. The number of rotatable bonds is 5. The molecule has 0 saturated carbocycles. The molecule has 3 rings (SSSR count). The van der Waals surface area contributed by atoms with Crippen LogP contribution in [0.5, 0.6) is 0 Å². The lowest BCUT2D eigenvalue weighted by Crippen LogP contribution is -2.20. The molecule has 134 valence electrons. The number of para-hydroxylation sites is 1. The molecule has 27 heavy (non-hydrogen) atoms. The number of nitro benzene ring substituents is 1. The summed E-state index contributed by atoms with van der Waals surface area (Å²) >= 11 is 0. The molecule has 6 heteroatoms. The zero-order valence-electron chi connectivity index (χ0n) is 14.6. The van der Waals surface area contributed by atoms with E-state index in [0.29, 0.717) is 5.71 Å². The van der Waals surface area contributed by atoms with E-state index in [2.05, 4.69) is 10.5 Å². The number of carbonyl (C=O) groups excluding carboxylic acids is 1. The number of benzene rings is 3. The number of hydrogen-bond donors (Lipinski definition) is 1. The summed E-state index contributed by atoms with van der Waals surface area (Å²) in [5.41, 5.74) is 5.74. The van der Waals surface area contributed by atoms with E-state index >= 15 is 0 Å². The summed E-state index contributed by atoms with van der Waals surface area (Å²) in [6.07, 6.45) is 0. The van der Waals surface area contributed by atoms with E-state index in [1.807, 2.05) is 54.6 Å². The summed E-state index contributed by atoms with van der Waals surface area (Å²) in [6, 6.07) is 23.5. The number of carbonyl (C=O) groups is 1. The van der Waals surface area contributed by atoms with E-state index in [9.17, 15) is 14.9 Å². The Morgan fingerprint density at radius 3 is 2.15 bits per heavy atom. The van der Waals surface area contributed by atoms with Crippen molar-refractivity contribution in [1.29, 1.82) is 0 Å². The van der Waals surface area contributed by atoms with Crippen LogP contribution in [0.4, 0.5) is 5.69 Å². The standard InChI is InChI=1S/C21H17N3O3/c1-15(16-11-13-18(14-12-16)17-7-3-2-4-8-17)22-23-21(25)19-9-5-6-10-20(19)24(26)27/h2-14H,1H3,(H,23,25). The van der Waals surface area contributed by atoms with Crippen molar-refractivity contribution in [2.45, 2.75) is 6.92 Å². The van der Waals surface area contributed by atoms with Gasteiger partial charge in [0.05, 0.1) is 10.6 Å². The molecule has 3 aromatic rings. The molecule has 1 N–H and O–H groups in total. The van der Waals surface area contributed by atoms with Gasteiger partial charge in [-0.3, -0.25) is 14.9 Å². The quantitative estimate of drug-likeness (QED) is 0.416. The van der Waals surface area contributed by atoms with Crippen LogP contribution in [0.1, 0.15) is 22.8 Å². The average Bonchev–Trinajstić information content (AvgIpc) is 2.72. The van der Waals surface area contributed by atoms with E-state index in [0.717, 1.165) is 16.7 Å². The Labute approximate surface area is 156 Å². The summed E-state index contributed by atoms with van der Waals surface area (Å²) in [5.74, 6) is -0.623. The fraction of sp³-hybridized carbons (Fsp3) is 0.0476. The van der Waals surface area contributed by atoms with Gasteiger partial charge in [-0.25, -0.2) is 5.43 Å². The molecule has 0 saturated heterocycles. The Bertz CT molecular complexity index is 997. The van der Waals surface area contributed by atoms with E-state index in [1.54, 1.807) is 13.0 Å². The van der Waals surface area contributed by atoms with E-state index < -0.39 is 10.8 Å². The third-order valence-electron chi connectivity index (χ3n) is 4.08. The Morgan fingerprint density at radius 2 is 1.48 bits per heavy atom. The van der Waals surface area contributed by atoms with Crippen molar-refractivity contribution in [2.24, 2.45) is 5.10 Å². The predicted octanol–water partition coefficient (Wildman–Crippen LogP) is 4.42. The molecule has 0 aliphatic heterocycles. The van der Waals surface area contributed by atoms with Crippen LogP contribution in [-0.4, -0.2) is 16.5 Å². The fourth-order valence-corrected chi connectivity index (χ4v) is 2.62. The van der Waals surface area contributed by atoms with Gasteiger partial charge in [-0.2, -0.15) is 5.10 Å². The number of hydrogen-bond acceptors (Lipinski definition) is 4. The summed E-state index contributed by atoms with van der Waals surface area (Å²) in [7, 11) is 0. The number of nitro groups is 1. The molecule has 6 nitrogen and oxygen atoms in total. The van der Waals surface area contributed by atoms with Gasteiger partial charge in [0.1, 0.15) is 5.56 Å². The number of hydrazone groups is 1. The average molecular weight is 359 g/mol. The smallest absolute Gasteiger partial charge is 0.267 e. The van der Waals surface area contributed by atoms with Gasteiger partial charge in [0.25, 0.3) is 11.6 Å². The van der Waals surface area contributed by atoms with E-state index in [-0.39, 0.29) is 11.3 Å². The van der Waals surface area contributed by atoms with Crippen LogP contribution in [0.3, 0.4) is 0 Å². The van der Waals surface area contributed by atoms with Gasteiger partial charge >= 0.3 is 0 Å². The van der Waals surface area contributed by atoms with Crippen LogP contribution in [0.2, 0.25) is 0 Å².